The van der Waals surface area contributed by atoms with E-state index < -0.39 is 5.97 Å². The molecule has 1 atom stereocenters. The Morgan fingerprint density at radius 1 is 1.10 bits per heavy atom. The predicted molar refractivity (Wildman–Crippen MR) is 85.6 cm³/mol. The topological polar surface area (TPSA) is 40.5 Å². The summed E-state index contributed by atoms with van der Waals surface area (Å²) in [6, 6.07) is 8.77. The molecule has 0 amide bonds. The number of benzene rings is 1. The average Bonchev–Trinajstić information content (AvgIpc) is 2.76. The van der Waals surface area contributed by atoms with Crippen molar-refractivity contribution in [1.82, 2.24) is 4.90 Å². The standard InChI is InChI=1S/C18H27NO2/c1-2-15-7-9-16(10-8-15)13-17(14-18(20)21)19-11-5-3-4-6-12-19/h7-10,17H,2-6,11-14H2,1H3,(H,20,21). The first-order valence-electron chi connectivity index (χ1n) is 8.22. The van der Waals surface area contributed by atoms with Crippen molar-refractivity contribution in [2.75, 3.05) is 13.1 Å². The molecule has 1 aliphatic rings. The van der Waals surface area contributed by atoms with Crippen molar-refractivity contribution in [3.63, 3.8) is 0 Å². The molecule has 1 N–H and O–H groups in total. The van der Waals surface area contributed by atoms with Crippen LogP contribution in [0, 0.1) is 0 Å². The van der Waals surface area contributed by atoms with Gasteiger partial charge >= 0.3 is 5.97 Å². The maximum absolute atomic E-state index is 11.2. The Hall–Kier alpha value is -1.35. The van der Waals surface area contributed by atoms with Gasteiger partial charge in [-0.05, 0) is 49.9 Å². The highest BCUT2D eigenvalue weighted by atomic mass is 16.4. The molecule has 2 rings (SSSR count). The number of hydrogen-bond donors (Lipinski definition) is 1. The number of carboxylic acid groups (broad SMARTS) is 1. The van der Waals surface area contributed by atoms with E-state index in [1.54, 1.807) is 0 Å². The highest BCUT2D eigenvalue weighted by molar-refractivity contribution is 5.67. The third kappa shape index (κ3) is 5.16. The maximum atomic E-state index is 11.2. The van der Waals surface area contributed by atoms with E-state index in [0.717, 1.165) is 25.9 Å². The van der Waals surface area contributed by atoms with Gasteiger partial charge in [-0.15, -0.1) is 0 Å². The summed E-state index contributed by atoms with van der Waals surface area (Å²) in [4.78, 5) is 13.6. The molecule has 0 spiro atoms. The first kappa shape index (κ1) is 16.0. The molecule has 3 nitrogen and oxygen atoms in total. The molecule has 1 saturated heterocycles. The summed E-state index contributed by atoms with van der Waals surface area (Å²) in [6.07, 6.45) is 7.09. The summed E-state index contributed by atoms with van der Waals surface area (Å²) in [6.45, 7) is 4.25. The van der Waals surface area contributed by atoms with Crippen molar-refractivity contribution >= 4 is 5.97 Å². The molecule has 1 heterocycles. The van der Waals surface area contributed by atoms with Crippen LogP contribution in [0.4, 0.5) is 0 Å². The van der Waals surface area contributed by atoms with E-state index in [1.165, 1.54) is 36.8 Å². The Balaban J connectivity index is 2.05. The van der Waals surface area contributed by atoms with Gasteiger partial charge in [0.1, 0.15) is 0 Å². The molecule has 1 fully saturated rings. The van der Waals surface area contributed by atoms with Gasteiger partial charge in [-0.3, -0.25) is 9.69 Å². The fourth-order valence-corrected chi connectivity index (χ4v) is 3.18. The van der Waals surface area contributed by atoms with E-state index in [9.17, 15) is 9.90 Å². The highest BCUT2D eigenvalue weighted by Gasteiger charge is 2.22. The summed E-state index contributed by atoms with van der Waals surface area (Å²) in [5, 5.41) is 9.22. The minimum Gasteiger partial charge on any atom is -0.481 e. The molecule has 1 unspecified atom stereocenters. The second-order valence-corrected chi connectivity index (χ2v) is 6.08. The Morgan fingerprint density at radius 2 is 1.67 bits per heavy atom. The summed E-state index contributed by atoms with van der Waals surface area (Å²) in [7, 11) is 0. The van der Waals surface area contributed by atoms with Crippen LogP contribution in [-0.4, -0.2) is 35.1 Å². The zero-order valence-corrected chi connectivity index (χ0v) is 13.1. The summed E-state index contributed by atoms with van der Waals surface area (Å²) in [5.41, 5.74) is 2.59. The molecule has 1 aromatic rings. The highest BCUT2D eigenvalue weighted by Crippen LogP contribution is 2.18. The zero-order valence-electron chi connectivity index (χ0n) is 13.1. The second kappa shape index (κ2) is 8.18. The van der Waals surface area contributed by atoms with E-state index in [2.05, 4.69) is 36.1 Å². The normalized spacial score (nSPS) is 18.1. The molecule has 1 aromatic carbocycles. The fraction of sp³-hybridized carbons (Fsp3) is 0.611. The van der Waals surface area contributed by atoms with E-state index >= 15 is 0 Å². The van der Waals surface area contributed by atoms with Crippen molar-refractivity contribution < 1.29 is 9.90 Å². The van der Waals surface area contributed by atoms with E-state index in [0.29, 0.717) is 0 Å². The molecular formula is C18H27NO2. The number of aryl methyl sites for hydroxylation is 1. The summed E-state index contributed by atoms with van der Waals surface area (Å²) in [5.74, 6) is -0.686. The molecule has 0 saturated carbocycles. The maximum Gasteiger partial charge on any atom is 0.304 e. The lowest BCUT2D eigenvalue weighted by atomic mass is 10.00. The van der Waals surface area contributed by atoms with E-state index in [1.807, 2.05) is 0 Å². The Morgan fingerprint density at radius 3 is 2.19 bits per heavy atom. The van der Waals surface area contributed by atoms with Crippen LogP contribution >= 0.6 is 0 Å². The van der Waals surface area contributed by atoms with Crippen LogP contribution in [0.15, 0.2) is 24.3 Å². The van der Waals surface area contributed by atoms with Crippen LogP contribution in [-0.2, 0) is 17.6 Å². The summed E-state index contributed by atoms with van der Waals surface area (Å²) < 4.78 is 0. The quantitative estimate of drug-likeness (QED) is 0.871. The van der Waals surface area contributed by atoms with Gasteiger partial charge < -0.3 is 5.11 Å². The lowest BCUT2D eigenvalue weighted by molar-refractivity contribution is -0.138. The third-order valence-electron chi connectivity index (χ3n) is 4.47. The number of carboxylic acids is 1. The molecule has 0 aliphatic carbocycles. The van der Waals surface area contributed by atoms with Crippen LogP contribution in [0.1, 0.15) is 50.2 Å². The Bertz CT molecular complexity index is 433. The van der Waals surface area contributed by atoms with Gasteiger partial charge in [-0.2, -0.15) is 0 Å². The molecule has 0 bridgehead atoms. The van der Waals surface area contributed by atoms with Crippen LogP contribution in [0.3, 0.4) is 0 Å². The molecule has 116 valence electrons. The molecule has 21 heavy (non-hydrogen) atoms. The third-order valence-corrected chi connectivity index (χ3v) is 4.47. The van der Waals surface area contributed by atoms with Crippen molar-refractivity contribution in [1.29, 1.82) is 0 Å². The number of aliphatic carboxylic acids is 1. The van der Waals surface area contributed by atoms with E-state index in [-0.39, 0.29) is 12.5 Å². The predicted octanol–water partition coefficient (Wildman–Crippen LogP) is 3.51. The molecular weight excluding hydrogens is 262 g/mol. The molecule has 0 aromatic heterocycles. The minimum atomic E-state index is -0.686. The first-order valence-corrected chi connectivity index (χ1v) is 8.22. The van der Waals surface area contributed by atoms with Crippen LogP contribution in [0.25, 0.3) is 0 Å². The molecule has 1 aliphatic heterocycles. The summed E-state index contributed by atoms with van der Waals surface area (Å²) >= 11 is 0. The lowest BCUT2D eigenvalue weighted by Gasteiger charge is -2.29. The zero-order chi connectivity index (χ0) is 15.1. The van der Waals surface area contributed by atoms with Crippen molar-refractivity contribution in [3.05, 3.63) is 35.4 Å². The van der Waals surface area contributed by atoms with Crippen molar-refractivity contribution in [3.8, 4) is 0 Å². The minimum absolute atomic E-state index is 0.132. The van der Waals surface area contributed by atoms with Crippen molar-refractivity contribution in [2.45, 2.75) is 57.9 Å². The molecule has 0 radical (unpaired) electrons. The Kier molecular flexibility index (Phi) is 6.24. The largest absolute Gasteiger partial charge is 0.481 e. The average molecular weight is 289 g/mol. The van der Waals surface area contributed by atoms with Crippen LogP contribution in [0.5, 0.6) is 0 Å². The molecule has 3 heteroatoms. The number of carbonyl (C=O) groups is 1. The van der Waals surface area contributed by atoms with Gasteiger partial charge in [0.2, 0.25) is 0 Å². The second-order valence-electron chi connectivity index (χ2n) is 6.08. The van der Waals surface area contributed by atoms with Gasteiger partial charge in [0.15, 0.2) is 0 Å². The fourth-order valence-electron chi connectivity index (χ4n) is 3.18. The number of nitrogens with zero attached hydrogens (tertiary/aromatic N) is 1. The number of rotatable bonds is 6. The Labute approximate surface area is 128 Å². The monoisotopic (exact) mass is 289 g/mol. The van der Waals surface area contributed by atoms with Gasteiger partial charge in [-0.25, -0.2) is 0 Å². The smallest absolute Gasteiger partial charge is 0.304 e. The van der Waals surface area contributed by atoms with Crippen molar-refractivity contribution in [2.24, 2.45) is 0 Å². The van der Waals surface area contributed by atoms with Crippen LogP contribution < -0.4 is 0 Å². The first-order chi connectivity index (χ1) is 10.2. The number of likely N-dealkylation sites (tertiary alicyclic amines) is 1. The van der Waals surface area contributed by atoms with Gasteiger partial charge in [0.25, 0.3) is 0 Å². The van der Waals surface area contributed by atoms with Gasteiger partial charge in [-0.1, -0.05) is 44.0 Å². The van der Waals surface area contributed by atoms with Gasteiger partial charge in [0, 0.05) is 6.04 Å². The lowest BCUT2D eigenvalue weighted by Crippen LogP contribution is -2.39. The van der Waals surface area contributed by atoms with Gasteiger partial charge in [0.05, 0.1) is 6.42 Å². The van der Waals surface area contributed by atoms with E-state index in [4.69, 9.17) is 0 Å². The van der Waals surface area contributed by atoms with Crippen LogP contribution in [0.2, 0.25) is 0 Å². The number of hydrogen-bond acceptors (Lipinski definition) is 2. The SMILES string of the molecule is CCc1ccc(CC(CC(=O)O)N2CCCCCC2)cc1.